The van der Waals surface area contributed by atoms with Crippen molar-refractivity contribution in [3.05, 3.63) is 0 Å². The van der Waals surface area contributed by atoms with Crippen LogP contribution in [-0.4, -0.2) is 35.6 Å². The third kappa shape index (κ3) is 2.69. The molecule has 102 valence electrons. The summed E-state index contributed by atoms with van der Waals surface area (Å²) in [5.41, 5.74) is -0.502. The van der Waals surface area contributed by atoms with E-state index in [9.17, 15) is 5.11 Å². The van der Waals surface area contributed by atoms with Gasteiger partial charge >= 0.3 is 0 Å². The average molecular weight is 253 g/mol. The van der Waals surface area contributed by atoms with E-state index in [2.05, 4.69) is 13.0 Å². The van der Waals surface area contributed by atoms with E-state index in [1.54, 1.807) is 0 Å². The normalized spacial score (nSPS) is 39.3. The molecule has 4 heteroatoms. The molecule has 4 atom stereocenters. The first-order valence-electron chi connectivity index (χ1n) is 7.05. The Balaban J connectivity index is 1.98. The lowest BCUT2D eigenvalue weighted by atomic mass is 9.86. The van der Waals surface area contributed by atoms with E-state index in [-0.39, 0.29) is 24.9 Å². The Bertz CT molecular complexity index is 315. The van der Waals surface area contributed by atoms with Crippen molar-refractivity contribution in [2.75, 3.05) is 6.61 Å². The predicted molar refractivity (Wildman–Crippen MR) is 67.0 cm³/mol. The van der Waals surface area contributed by atoms with Gasteiger partial charge in [0.2, 0.25) is 0 Å². The Hall–Kier alpha value is -0.630. The maximum atomic E-state index is 9.71. The zero-order chi connectivity index (χ0) is 13.0. The number of hydrogen-bond donors (Lipinski definition) is 1. The highest BCUT2D eigenvalue weighted by atomic mass is 16.6. The lowest BCUT2D eigenvalue weighted by Crippen LogP contribution is -2.51. The highest BCUT2D eigenvalue weighted by molar-refractivity contribution is 5.01. The van der Waals surface area contributed by atoms with Gasteiger partial charge < -0.3 is 14.6 Å². The molecule has 2 aliphatic heterocycles. The average Bonchev–Trinajstić information content (AvgIpc) is 2.74. The summed E-state index contributed by atoms with van der Waals surface area (Å²) in [5, 5.41) is 18.3. The van der Waals surface area contributed by atoms with Crippen molar-refractivity contribution in [3.63, 3.8) is 0 Å². The molecule has 0 aliphatic carbocycles. The van der Waals surface area contributed by atoms with Crippen LogP contribution in [0.5, 0.6) is 0 Å². The predicted octanol–water partition coefficient (Wildman–Crippen LogP) is 2.16. The summed E-state index contributed by atoms with van der Waals surface area (Å²) in [6, 6.07) is 2.16. The van der Waals surface area contributed by atoms with Crippen molar-refractivity contribution in [1.29, 1.82) is 5.26 Å². The Labute approximate surface area is 109 Å². The van der Waals surface area contributed by atoms with Gasteiger partial charge in [-0.1, -0.05) is 13.3 Å². The molecule has 2 fully saturated rings. The van der Waals surface area contributed by atoms with E-state index in [0.29, 0.717) is 6.42 Å². The minimum atomic E-state index is -0.502. The Morgan fingerprint density at radius 3 is 2.83 bits per heavy atom. The number of fused-ring (bicyclic) bond motifs is 1. The second kappa shape index (κ2) is 6.01. The van der Waals surface area contributed by atoms with E-state index in [4.69, 9.17) is 14.7 Å². The van der Waals surface area contributed by atoms with Gasteiger partial charge in [0, 0.05) is 12.8 Å². The van der Waals surface area contributed by atoms with Crippen molar-refractivity contribution < 1.29 is 14.6 Å². The molecular formula is C14H23NO3. The van der Waals surface area contributed by atoms with Gasteiger partial charge in [0.25, 0.3) is 0 Å². The van der Waals surface area contributed by atoms with Crippen LogP contribution < -0.4 is 0 Å². The maximum absolute atomic E-state index is 9.71. The molecule has 0 saturated carbocycles. The number of rotatable bonds is 5. The van der Waals surface area contributed by atoms with Crippen molar-refractivity contribution in [2.45, 2.75) is 75.8 Å². The SMILES string of the molecule is CCCC1CC2(CO)OC(CCC#N)CCC2O1. The summed E-state index contributed by atoms with van der Waals surface area (Å²) in [6.45, 7) is 2.18. The van der Waals surface area contributed by atoms with Crippen LogP contribution in [0.25, 0.3) is 0 Å². The lowest BCUT2D eigenvalue weighted by molar-refractivity contribution is -0.183. The molecule has 4 nitrogen and oxygen atoms in total. The van der Waals surface area contributed by atoms with Gasteiger partial charge in [-0.25, -0.2) is 0 Å². The van der Waals surface area contributed by atoms with Crippen LogP contribution in [-0.2, 0) is 9.47 Å². The smallest absolute Gasteiger partial charge is 0.120 e. The zero-order valence-corrected chi connectivity index (χ0v) is 11.1. The van der Waals surface area contributed by atoms with Gasteiger partial charge in [0.15, 0.2) is 0 Å². The summed E-state index contributed by atoms with van der Waals surface area (Å²) in [5.74, 6) is 0. The topological polar surface area (TPSA) is 62.5 Å². The number of aliphatic hydroxyl groups is 1. The number of nitrogens with zero attached hydrogens (tertiary/aromatic N) is 1. The summed E-state index contributed by atoms with van der Waals surface area (Å²) in [7, 11) is 0. The molecule has 2 saturated heterocycles. The van der Waals surface area contributed by atoms with E-state index in [1.807, 2.05) is 0 Å². The molecule has 0 bridgehead atoms. The third-order valence-electron chi connectivity index (χ3n) is 4.13. The van der Waals surface area contributed by atoms with Crippen molar-refractivity contribution in [3.8, 4) is 6.07 Å². The van der Waals surface area contributed by atoms with E-state index in [0.717, 1.165) is 38.5 Å². The van der Waals surface area contributed by atoms with Crippen molar-refractivity contribution in [1.82, 2.24) is 0 Å². The summed E-state index contributed by atoms with van der Waals surface area (Å²) < 4.78 is 12.1. The van der Waals surface area contributed by atoms with Crippen LogP contribution in [0, 0.1) is 11.3 Å². The minimum Gasteiger partial charge on any atom is -0.393 e. The van der Waals surface area contributed by atoms with Crippen molar-refractivity contribution in [2.24, 2.45) is 0 Å². The number of hydrogen-bond acceptors (Lipinski definition) is 4. The molecule has 18 heavy (non-hydrogen) atoms. The second-order valence-electron chi connectivity index (χ2n) is 5.48. The molecule has 0 aromatic carbocycles. The molecule has 2 rings (SSSR count). The van der Waals surface area contributed by atoms with E-state index >= 15 is 0 Å². The largest absolute Gasteiger partial charge is 0.393 e. The van der Waals surface area contributed by atoms with Crippen LogP contribution in [0.1, 0.15) is 51.9 Å². The van der Waals surface area contributed by atoms with Gasteiger partial charge in [0.05, 0.1) is 31.0 Å². The van der Waals surface area contributed by atoms with Crippen LogP contribution in [0.3, 0.4) is 0 Å². The molecule has 0 radical (unpaired) electrons. The number of ether oxygens (including phenoxy) is 2. The minimum absolute atomic E-state index is 0.0287. The molecule has 2 aliphatic rings. The molecular weight excluding hydrogens is 230 g/mol. The van der Waals surface area contributed by atoms with Crippen LogP contribution in [0.15, 0.2) is 0 Å². The molecule has 2 heterocycles. The molecule has 4 unspecified atom stereocenters. The molecule has 0 aromatic heterocycles. The third-order valence-corrected chi connectivity index (χ3v) is 4.13. The van der Waals surface area contributed by atoms with E-state index in [1.165, 1.54) is 0 Å². The fourth-order valence-electron chi connectivity index (χ4n) is 3.23. The van der Waals surface area contributed by atoms with Gasteiger partial charge in [-0.05, 0) is 25.7 Å². The second-order valence-corrected chi connectivity index (χ2v) is 5.48. The summed E-state index contributed by atoms with van der Waals surface area (Å²) in [4.78, 5) is 0. The standard InChI is InChI=1S/C14H23NO3/c1-2-4-12-9-14(10-16)13(17-12)7-6-11(18-14)5-3-8-15/h11-13,16H,2-7,9-10H2,1H3. The highest BCUT2D eigenvalue weighted by Crippen LogP contribution is 2.43. The fourth-order valence-corrected chi connectivity index (χ4v) is 3.23. The molecule has 0 amide bonds. The van der Waals surface area contributed by atoms with Crippen LogP contribution in [0.4, 0.5) is 0 Å². The molecule has 1 N–H and O–H groups in total. The van der Waals surface area contributed by atoms with Gasteiger partial charge in [0.1, 0.15) is 5.60 Å². The molecule has 0 aromatic rings. The van der Waals surface area contributed by atoms with Crippen molar-refractivity contribution >= 4 is 0 Å². The summed E-state index contributed by atoms with van der Waals surface area (Å²) in [6.07, 6.45) is 6.46. The Morgan fingerprint density at radius 1 is 1.33 bits per heavy atom. The summed E-state index contributed by atoms with van der Waals surface area (Å²) >= 11 is 0. The first-order valence-corrected chi connectivity index (χ1v) is 7.05. The van der Waals surface area contributed by atoms with Gasteiger partial charge in [-0.15, -0.1) is 0 Å². The van der Waals surface area contributed by atoms with Crippen LogP contribution in [0.2, 0.25) is 0 Å². The Morgan fingerprint density at radius 2 is 2.17 bits per heavy atom. The monoisotopic (exact) mass is 253 g/mol. The number of aliphatic hydroxyl groups excluding tert-OH is 1. The van der Waals surface area contributed by atoms with Gasteiger partial charge in [-0.3, -0.25) is 0 Å². The number of nitriles is 1. The van der Waals surface area contributed by atoms with Gasteiger partial charge in [-0.2, -0.15) is 5.26 Å². The first-order chi connectivity index (χ1) is 8.74. The first kappa shape index (κ1) is 13.8. The maximum Gasteiger partial charge on any atom is 0.120 e. The van der Waals surface area contributed by atoms with Crippen LogP contribution >= 0.6 is 0 Å². The fraction of sp³-hybridized carbons (Fsp3) is 0.929. The van der Waals surface area contributed by atoms with E-state index < -0.39 is 5.60 Å². The Kier molecular flexibility index (Phi) is 4.60. The molecule has 0 spiro atoms. The quantitative estimate of drug-likeness (QED) is 0.815. The zero-order valence-electron chi connectivity index (χ0n) is 11.1. The highest BCUT2D eigenvalue weighted by Gasteiger charge is 2.52. The lowest BCUT2D eigenvalue weighted by Gasteiger charge is -2.40.